The highest BCUT2D eigenvalue weighted by Gasteiger charge is 2.21. The molecule has 0 aromatic heterocycles. The first-order valence-electron chi connectivity index (χ1n) is 5.98. The van der Waals surface area contributed by atoms with Crippen molar-refractivity contribution in [2.75, 3.05) is 11.9 Å². The lowest BCUT2D eigenvalue weighted by atomic mass is 10.1. The van der Waals surface area contributed by atoms with Gasteiger partial charge >= 0.3 is 0 Å². The highest BCUT2D eigenvalue weighted by atomic mass is 35.5. The van der Waals surface area contributed by atoms with Crippen LogP contribution in [0.25, 0.3) is 0 Å². The lowest BCUT2D eigenvalue weighted by molar-refractivity contribution is 0.575. The summed E-state index contributed by atoms with van der Waals surface area (Å²) in [6.45, 7) is 5.23. The SMILES string of the molecule is CC(C)CC1CN=C(Nc2cc(F)ccc2Cl)S1. The highest BCUT2D eigenvalue weighted by molar-refractivity contribution is 8.15. The molecule has 0 saturated carbocycles. The van der Waals surface area contributed by atoms with E-state index in [2.05, 4.69) is 24.2 Å². The maximum atomic E-state index is 13.1. The quantitative estimate of drug-likeness (QED) is 0.890. The number of hydrogen-bond donors (Lipinski definition) is 1. The molecule has 1 aromatic rings. The molecule has 0 saturated heterocycles. The van der Waals surface area contributed by atoms with Crippen LogP contribution in [0, 0.1) is 11.7 Å². The molecule has 1 atom stereocenters. The van der Waals surface area contributed by atoms with E-state index in [1.807, 2.05) is 0 Å². The molecule has 0 bridgehead atoms. The molecule has 2 nitrogen and oxygen atoms in total. The van der Waals surface area contributed by atoms with E-state index in [1.54, 1.807) is 17.8 Å². The van der Waals surface area contributed by atoms with E-state index >= 15 is 0 Å². The number of aliphatic imine (C=N–C) groups is 1. The van der Waals surface area contributed by atoms with Gasteiger partial charge in [0.05, 0.1) is 17.3 Å². The number of benzene rings is 1. The van der Waals surface area contributed by atoms with Crippen LogP contribution < -0.4 is 5.32 Å². The Morgan fingerprint density at radius 1 is 1.56 bits per heavy atom. The first-order valence-corrected chi connectivity index (χ1v) is 7.23. The largest absolute Gasteiger partial charge is 0.334 e. The minimum Gasteiger partial charge on any atom is -0.334 e. The number of nitrogens with one attached hydrogen (secondary N) is 1. The van der Waals surface area contributed by atoms with Gasteiger partial charge in [-0.3, -0.25) is 4.99 Å². The van der Waals surface area contributed by atoms with Crippen LogP contribution in [0.2, 0.25) is 5.02 Å². The van der Waals surface area contributed by atoms with Crippen molar-refractivity contribution in [1.82, 2.24) is 0 Å². The van der Waals surface area contributed by atoms with Crippen molar-refractivity contribution in [3.8, 4) is 0 Å². The van der Waals surface area contributed by atoms with Gasteiger partial charge in [0.15, 0.2) is 5.17 Å². The van der Waals surface area contributed by atoms with Crippen LogP contribution in [-0.4, -0.2) is 17.0 Å². The monoisotopic (exact) mass is 286 g/mol. The fourth-order valence-corrected chi connectivity index (χ4v) is 3.27. The van der Waals surface area contributed by atoms with Gasteiger partial charge in [-0.1, -0.05) is 37.2 Å². The lowest BCUT2D eigenvalue weighted by Crippen LogP contribution is -2.10. The third-order valence-corrected chi connectivity index (χ3v) is 4.08. The minimum atomic E-state index is -0.302. The summed E-state index contributed by atoms with van der Waals surface area (Å²) in [6.07, 6.45) is 1.14. The van der Waals surface area contributed by atoms with Crippen LogP contribution in [0.4, 0.5) is 10.1 Å². The summed E-state index contributed by atoms with van der Waals surface area (Å²) >= 11 is 7.71. The van der Waals surface area contributed by atoms with E-state index in [4.69, 9.17) is 11.6 Å². The summed E-state index contributed by atoms with van der Waals surface area (Å²) in [6, 6.07) is 4.28. The third-order valence-electron chi connectivity index (χ3n) is 2.62. The van der Waals surface area contributed by atoms with Gasteiger partial charge < -0.3 is 5.32 Å². The normalized spacial score (nSPS) is 19.2. The number of thioether (sulfide) groups is 1. The first kappa shape index (κ1) is 13.7. The van der Waals surface area contributed by atoms with E-state index in [-0.39, 0.29) is 5.82 Å². The van der Waals surface area contributed by atoms with Crippen LogP contribution >= 0.6 is 23.4 Å². The number of amidine groups is 1. The first-order chi connectivity index (χ1) is 8.54. The molecular weight excluding hydrogens is 271 g/mol. The average Bonchev–Trinajstić information content (AvgIpc) is 2.70. The fourth-order valence-electron chi connectivity index (χ4n) is 1.84. The van der Waals surface area contributed by atoms with Crippen LogP contribution in [-0.2, 0) is 0 Å². The smallest absolute Gasteiger partial charge is 0.161 e. The Labute approximate surface area is 116 Å². The summed E-state index contributed by atoms with van der Waals surface area (Å²) in [5, 5.41) is 4.94. The molecule has 5 heteroatoms. The van der Waals surface area contributed by atoms with Crippen molar-refractivity contribution >= 4 is 34.2 Å². The predicted octanol–water partition coefficient (Wildman–Crippen LogP) is 4.41. The second kappa shape index (κ2) is 5.93. The van der Waals surface area contributed by atoms with E-state index in [9.17, 15) is 4.39 Å². The van der Waals surface area contributed by atoms with Crippen molar-refractivity contribution in [2.45, 2.75) is 25.5 Å². The molecule has 1 aliphatic heterocycles. The summed E-state index contributed by atoms with van der Waals surface area (Å²) in [5.74, 6) is 0.360. The number of halogens is 2. The highest BCUT2D eigenvalue weighted by Crippen LogP contribution is 2.29. The molecule has 0 aliphatic carbocycles. The standard InChI is InChI=1S/C13H16ClFN2S/c1-8(2)5-10-7-16-13(18-10)17-12-6-9(15)3-4-11(12)14/h3-4,6,8,10H,5,7H2,1-2H3,(H,16,17). The predicted molar refractivity (Wildman–Crippen MR) is 78.2 cm³/mol. The van der Waals surface area contributed by atoms with Crippen molar-refractivity contribution < 1.29 is 4.39 Å². The van der Waals surface area contributed by atoms with E-state index in [1.165, 1.54) is 12.1 Å². The molecule has 1 aromatic carbocycles. The molecule has 1 heterocycles. The van der Waals surface area contributed by atoms with Crippen molar-refractivity contribution in [3.63, 3.8) is 0 Å². The van der Waals surface area contributed by atoms with Crippen LogP contribution in [0.3, 0.4) is 0 Å². The second-order valence-electron chi connectivity index (χ2n) is 4.76. The second-order valence-corrected chi connectivity index (χ2v) is 6.46. The van der Waals surface area contributed by atoms with Gasteiger partial charge in [0.1, 0.15) is 5.82 Å². The minimum absolute atomic E-state index is 0.302. The maximum absolute atomic E-state index is 13.1. The van der Waals surface area contributed by atoms with Gasteiger partial charge in [0.2, 0.25) is 0 Å². The van der Waals surface area contributed by atoms with E-state index < -0.39 is 0 Å². The molecule has 1 aliphatic rings. The Balaban J connectivity index is 1.97. The van der Waals surface area contributed by atoms with Crippen LogP contribution in [0.5, 0.6) is 0 Å². The summed E-state index contributed by atoms with van der Waals surface area (Å²) < 4.78 is 13.1. The molecule has 18 heavy (non-hydrogen) atoms. The van der Waals surface area contributed by atoms with Gasteiger partial charge in [-0.2, -0.15) is 0 Å². The van der Waals surface area contributed by atoms with E-state index in [0.29, 0.717) is 21.9 Å². The van der Waals surface area contributed by atoms with Gasteiger partial charge in [-0.15, -0.1) is 0 Å². The van der Waals surface area contributed by atoms with E-state index in [0.717, 1.165) is 18.1 Å². The number of nitrogens with zero attached hydrogens (tertiary/aromatic N) is 1. The lowest BCUT2D eigenvalue weighted by Gasteiger charge is -2.11. The zero-order chi connectivity index (χ0) is 13.1. The zero-order valence-corrected chi connectivity index (χ0v) is 12.0. The molecule has 1 unspecified atom stereocenters. The Bertz CT molecular complexity index is 462. The van der Waals surface area contributed by atoms with Crippen LogP contribution in [0.1, 0.15) is 20.3 Å². The zero-order valence-electron chi connectivity index (χ0n) is 10.4. The topological polar surface area (TPSA) is 24.4 Å². The summed E-state index contributed by atoms with van der Waals surface area (Å²) in [5.41, 5.74) is 0.577. The van der Waals surface area contributed by atoms with Crippen molar-refractivity contribution in [2.24, 2.45) is 10.9 Å². The van der Waals surface area contributed by atoms with Gasteiger partial charge in [-0.25, -0.2) is 4.39 Å². The molecule has 2 rings (SSSR count). The molecule has 98 valence electrons. The van der Waals surface area contributed by atoms with Crippen LogP contribution in [0.15, 0.2) is 23.2 Å². The maximum Gasteiger partial charge on any atom is 0.161 e. The van der Waals surface area contributed by atoms with Crippen molar-refractivity contribution in [1.29, 1.82) is 0 Å². The Hall–Kier alpha value is -0.740. The summed E-state index contributed by atoms with van der Waals surface area (Å²) in [4.78, 5) is 4.42. The van der Waals surface area contributed by atoms with Gasteiger partial charge in [-0.05, 0) is 30.5 Å². The number of anilines is 1. The number of rotatable bonds is 3. The van der Waals surface area contributed by atoms with Gasteiger partial charge in [0, 0.05) is 5.25 Å². The summed E-state index contributed by atoms with van der Waals surface area (Å²) in [7, 11) is 0. The molecule has 0 spiro atoms. The molecule has 0 amide bonds. The molecule has 1 N–H and O–H groups in total. The third kappa shape index (κ3) is 3.62. The Morgan fingerprint density at radius 3 is 3.06 bits per heavy atom. The molecule has 0 fully saturated rings. The van der Waals surface area contributed by atoms with Gasteiger partial charge in [0.25, 0.3) is 0 Å². The Kier molecular flexibility index (Phi) is 4.51. The molecular formula is C13H16ClFN2S. The number of hydrogen-bond acceptors (Lipinski definition) is 3. The Morgan fingerprint density at radius 2 is 2.33 bits per heavy atom. The fraction of sp³-hybridized carbons (Fsp3) is 0.462. The average molecular weight is 287 g/mol. The molecule has 0 radical (unpaired) electrons. The van der Waals surface area contributed by atoms with Crippen molar-refractivity contribution in [3.05, 3.63) is 29.0 Å².